The van der Waals surface area contributed by atoms with Crippen LogP contribution in [0.3, 0.4) is 0 Å². The van der Waals surface area contributed by atoms with Gasteiger partial charge in [0.05, 0.1) is 0 Å². The minimum absolute atomic E-state index is 0.615. The third-order valence-corrected chi connectivity index (χ3v) is 2.48. The minimum atomic E-state index is 0.615. The lowest BCUT2D eigenvalue weighted by Gasteiger charge is -2.06. The summed E-state index contributed by atoms with van der Waals surface area (Å²) in [5.74, 6) is 1.45. The molecule has 5 heteroatoms. The van der Waals surface area contributed by atoms with Crippen LogP contribution in [0.5, 0.6) is 0 Å². The molecule has 1 heterocycles. The fraction of sp³-hybridized carbons (Fsp3) is 0.800. The second kappa shape index (κ2) is 6.74. The molecule has 1 rings (SSSR count). The van der Waals surface area contributed by atoms with Crippen molar-refractivity contribution in [2.45, 2.75) is 27.2 Å². The van der Waals surface area contributed by atoms with Gasteiger partial charge in [0.15, 0.2) is 0 Å². The summed E-state index contributed by atoms with van der Waals surface area (Å²) < 4.78 is 9.56. The van der Waals surface area contributed by atoms with Crippen molar-refractivity contribution < 1.29 is 4.74 Å². The maximum absolute atomic E-state index is 5.47. The highest BCUT2D eigenvalue weighted by molar-refractivity contribution is 7.09. The Morgan fingerprint density at radius 1 is 1.47 bits per heavy atom. The second-order valence-corrected chi connectivity index (χ2v) is 4.65. The van der Waals surface area contributed by atoms with Crippen molar-refractivity contribution in [3.63, 3.8) is 0 Å². The maximum Gasteiger partial charge on any atom is 0.202 e. The molecule has 0 atom stereocenters. The monoisotopic (exact) mass is 229 g/mol. The molecule has 0 fully saturated rings. The molecule has 0 aromatic carbocycles. The van der Waals surface area contributed by atoms with E-state index in [0.29, 0.717) is 5.92 Å². The van der Waals surface area contributed by atoms with Crippen molar-refractivity contribution in [3.05, 3.63) is 5.82 Å². The molecule has 86 valence electrons. The molecule has 4 nitrogen and oxygen atoms in total. The molecular formula is C10H19N3OS. The Bertz CT molecular complexity index is 275. The van der Waals surface area contributed by atoms with Crippen LogP contribution in [-0.4, -0.2) is 29.1 Å². The number of hydrogen-bond donors (Lipinski definition) is 1. The number of nitrogens with zero attached hydrogens (tertiary/aromatic N) is 2. The van der Waals surface area contributed by atoms with Gasteiger partial charge in [-0.2, -0.15) is 4.37 Å². The van der Waals surface area contributed by atoms with Crippen LogP contribution in [0.25, 0.3) is 0 Å². The van der Waals surface area contributed by atoms with Crippen LogP contribution in [-0.2, 0) is 4.74 Å². The zero-order valence-electron chi connectivity index (χ0n) is 9.62. The van der Waals surface area contributed by atoms with Crippen molar-refractivity contribution in [2.75, 3.05) is 25.1 Å². The third kappa shape index (κ3) is 5.69. The lowest BCUT2D eigenvalue weighted by molar-refractivity contribution is 0.110. The van der Waals surface area contributed by atoms with Crippen molar-refractivity contribution in [3.8, 4) is 0 Å². The highest BCUT2D eigenvalue weighted by atomic mass is 32.1. The zero-order chi connectivity index (χ0) is 11.1. The minimum Gasteiger partial charge on any atom is -0.381 e. The molecule has 0 aliphatic rings. The van der Waals surface area contributed by atoms with E-state index in [1.807, 2.05) is 6.92 Å². The molecule has 0 radical (unpaired) electrons. The number of anilines is 1. The van der Waals surface area contributed by atoms with E-state index in [-0.39, 0.29) is 0 Å². The maximum atomic E-state index is 5.47. The first-order valence-electron chi connectivity index (χ1n) is 5.30. The average Bonchev–Trinajstić information content (AvgIpc) is 2.57. The molecule has 0 spiro atoms. The summed E-state index contributed by atoms with van der Waals surface area (Å²) in [6.07, 6.45) is 1.01. The van der Waals surface area contributed by atoms with E-state index >= 15 is 0 Å². The Morgan fingerprint density at radius 3 is 2.87 bits per heavy atom. The standard InChI is InChI=1S/C10H19N3OS/c1-8(2)7-14-6-4-5-11-10-12-9(3)13-15-10/h8H,4-7H2,1-3H3,(H,11,12,13). The van der Waals surface area contributed by atoms with E-state index in [2.05, 4.69) is 28.5 Å². The van der Waals surface area contributed by atoms with Crippen molar-refractivity contribution in [2.24, 2.45) is 5.92 Å². The van der Waals surface area contributed by atoms with Gasteiger partial charge in [0.25, 0.3) is 0 Å². The predicted octanol–water partition coefficient (Wildman–Crippen LogP) is 2.32. The van der Waals surface area contributed by atoms with E-state index < -0.39 is 0 Å². The molecule has 0 aliphatic carbocycles. The molecule has 0 unspecified atom stereocenters. The quantitative estimate of drug-likeness (QED) is 0.729. The molecule has 0 saturated carbocycles. The number of aryl methyl sites for hydroxylation is 1. The van der Waals surface area contributed by atoms with Gasteiger partial charge in [-0.3, -0.25) is 0 Å². The summed E-state index contributed by atoms with van der Waals surface area (Å²) in [7, 11) is 0. The lowest BCUT2D eigenvalue weighted by Crippen LogP contribution is -2.08. The van der Waals surface area contributed by atoms with Gasteiger partial charge in [-0.1, -0.05) is 13.8 Å². The molecular weight excluding hydrogens is 210 g/mol. The van der Waals surface area contributed by atoms with Crippen molar-refractivity contribution in [1.29, 1.82) is 0 Å². The highest BCUT2D eigenvalue weighted by Gasteiger charge is 1.98. The first-order valence-corrected chi connectivity index (χ1v) is 6.07. The van der Waals surface area contributed by atoms with E-state index in [0.717, 1.165) is 37.1 Å². The topological polar surface area (TPSA) is 47.0 Å². The van der Waals surface area contributed by atoms with Crippen LogP contribution in [0.4, 0.5) is 5.13 Å². The summed E-state index contributed by atoms with van der Waals surface area (Å²) >= 11 is 1.41. The highest BCUT2D eigenvalue weighted by Crippen LogP contribution is 2.09. The Morgan fingerprint density at radius 2 is 2.27 bits per heavy atom. The van der Waals surface area contributed by atoms with Crippen molar-refractivity contribution in [1.82, 2.24) is 9.36 Å². The second-order valence-electron chi connectivity index (χ2n) is 3.90. The molecule has 0 aliphatic heterocycles. The first kappa shape index (κ1) is 12.4. The SMILES string of the molecule is Cc1nsc(NCCCOCC(C)C)n1. The largest absolute Gasteiger partial charge is 0.381 e. The van der Waals surface area contributed by atoms with E-state index in [9.17, 15) is 0 Å². The van der Waals surface area contributed by atoms with E-state index in [1.54, 1.807) is 0 Å². The van der Waals surface area contributed by atoms with Crippen LogP contribution in [0.15, 0.2) is 0 Å². The zero-order valence-corrected chi connectivity index (χ0v) is 10.4. The van der Waals surface area contributed by atoms with Gasteiger partial charge in [0.2, 0.25) is 5.13 Å². The summed E-state index contributed by atoms with van der Waals surface area (Å²) in [5.41, 5.74) is 0. The Kier molecular flexibility index (Phi) is 5.57. The summed E-state index contributed by atoms with van der Waals surface area (Å²) in [4.78, 5) is 4.21. The molecule has 15 heavy (non-hydrogen) atoms. The van der Waals surface area contributed by atoms with Crippen LogP contribution in [0.2, 0.25) is 0 Å². The molecule has 1 N–H and O–H groups in total. The number of hydrogen-bond acceptors (Lipinski definition) is 5. The van der Waals surface area contributed by atoms with Gasteiger partial charge >= 0.3 is 0 Å². The number of ether oxygens (including phenoxy) is 1. The number of nitrogens with one attached hydrogen (secondary N) is 1. The smallest absolute Gasteiger partial charge is 0.202 e. The number of rotatable bonds is 7. The van der Waals surface area contributed by atoms with Crippen LogP contribution >= 0.6 is 11.5 Å². The van der Waals surface area contributed by atoms with Crippen molar-refractivity contribution >= 4 is 16.7 Å². The Hall–Kier alpha value is -0.680. The molecule has 0 saturated heterocycles. The van der Waals surface area contributed by atoms with Crippen LogP contribution in [0, 0.1) is 12.8 Å². The molecule has 0 amide bonds. The first-order chi connectivity index (χ1) is 7.18. The van der Waals surface area contributed by atoms with Gasteiger partial charge in [0.1, 0.15) is 5.82 Å². The van der Waals surface area contributed by atoms with Gasteiger partial charge in [-0.05, 0) is 19.3 Å². The molecule has 0 bridgehead atoms. The summed E-state index contributed by atoms with van der Waals surface area (Å²) in [6.45, 7) is 8.76. The van der Waals surface area contributed by atoms with E-state index in [1.165, 1.54) is 11.5 Å². The average molecular weight is 229 g/mol. The van der Waals surface area contributed by atoms with Gasteiger partial charge in [-0.25, -0.2) is 4.98 Å². The van der Waals surface area contributed by atoms with Gasteiger partial charge < -0.3 is 10.1 Å². The predicted molar refractivity (Wildman–Crippen MR) is 63.4 cm³/mol. The fourth-order valence-corrected chi connectivity index (χ4v) is 1.66. The number of aromatic nitrogens is 2. The molecule has 1 aromatic rings. The normalized spacial score (nSPS) is 10.9. The third-order valence-electron chi connectivity index (χ3n) is 1.72. The van der Waals surface area contributed by atoms with Crippen LogP contribution < -0.4 is 5.32 Å². The van der Waals surface area contributed by atoms with E-state index in [4.69, 9.17) is 4.74 Å². The van der Waals surface area contributed by atoms with Crippen LogP contribution in [0.1, 0.15) is 26.1 Å². The summed E-state index contributed by atoms with van der Waals surface area (Å²) in [5, 5.41) is 4.12. The lowest BCUT2D eigenvalue weighted by atomic mass is 10.2. The summed E-state index contributed by atoms with van der Waals surface area (Å²) in [6, 6.07) is 0. The Balaban J connectivity index is 1.98. The molecule has 1 aromatic heterocycles. The van der Waals surface area contributed by atoms with Gasteiger partial charge in [-0.15, -0.1) is 0 Å². The Labute approximate surface area is 95.2 Å². The fourth-order valence-electron chi connectivity index (χ4n) is 1.06. The van der Waals surface area contributed by atoms with Gasteiger partial charge in [0, 0.05) is 31.3 Å².